The van der Waals surface area contributed by atoms with Crippen LogP contribution in [0.25, 0.3) is 22.6 Å². The van der Waals surface area contributed by atoms with Gasteiger partial charge in [-0.3, -0.25) is 0 Å². The molecule has 7 nitrogen and oxygen atoms in total. The van der Waals surface area contributed by atoms with E-state index in [2.05, 4.69) is 15.3 Å². The minimum Gasteiger partial charge on any atom is -0.478 e. The van der Waals surface area contributed by atoms with Gasteiger partial charge < -0.3 is 9.52 Å². The number of rotatable bonds is 5. The second-order valence-corrected chi connectivity index (χ2v) is 6.30. The third kappa shape index (κ3) is 3.49. The summed E-state index contributed by atoms with van der Waals surface area (Å²) in [6, 6.07) is 9.28. The van der Waals surface area contributed by atoms with Gasteiger partial charge in [-0.2, -0.15) is 0 Å². The Kier molecular flexibility index (Phi) is 4.63. The largest absolute Gasteiger partial charge is 0.478 e. The predicted octanol–water partition coefficient (Wildman–Crippen LogP) is 4.19. The van der Waals surface area contributed by atoms with Crippen LogP contribution in [0.2, 0.25) is 0 Å². The summed E-state index contributed by atoms with van der Waals surface area (Å²) in [6.45, 7) is 1.77. The van der Waals surface area contributed by atoms with Gasteiger partial charge in [-0.05, 0) is 37.3 Å². The molecule has 4 rings (SSSR count). The maximum atomic E-state index is 13.9. The fraction of sp³-hybridized carbons (Fsp3) is 0.100. The van der Waals surface area contributed by atoms with Gasteiger partial charge in [0.2, 0.25) is 5.89 Å². The Morgan fingerprint density at radius 3 is 2.66 bits per heavy atom. The lowest BCUT2D eigenvalue weighted by molar-refractivity contribution is 0.0692. The highest BCUT2D eigenvalue weighted by Gasteiger charge is 2.21. The Labute approximate surface area is 163 Å². The van der Waals surface area contributed by atoms with Gasteiger partial charge in [0.25, 0.3) is 0 Å². The molecular weight excluding hydrogens is 382 g/mol. The van der Waals surface area contributed by atoms with Crippen LogP contribution in [0.1, 0.15) is 29.2 Å². The van der Waals surface area contributed by atoms with Gasteiger partial charge in [-0.25, -0.2) is 23.2 Å². The van der Waals surface area contributed by atoms with Crippen LogP contribution in [0.5, 0.6) is 0 Å². The van der Waals surface area contributed by atoms with Gasteiger partial charge in [-0.15, -0.1) is 5.10 Å². The van der Waals surface area contributed by atoms with Gasteiger partial charge in [0.1, 0.15) is 28.9 Å². The summed E-state index contributed by atoms with van der Waals surface area (Å²) in [4.78, 5) is 15.6. The van der Waals surface area contributed by atoms with Crippen LogP contribution in [-0.2, 0) is 0 Å². The second-order valence-electron chi connectivity index (χ2n) is 6.30. The standard InChI is InChI=1S/C20H14F2N4O3/c1-11(19-23-9-17(29-19)12-5-7-13(21)8-6-12)26-10-16(24-25-26)14-3-2-4-15(22)18(14)20(27)28/h2-11H,1H3,(H,27,28). The maximum Gasteiger partial charge on any atom is 0.339 e. The van der Waals surface area contributed by atoms with Crippen LogP contribution < -0.4 is 0 Å². The highest BCUT2D eigenvalue weighted by molar-refractivity contribution is 5.95. The van der Waals surface area contributed by atoms with Crippen molar-refractivity contribution < 1.29 is 23.1 Å². The SMILES string of the molecule is CC(c1ncc(-c2ccc(F)cc2)o1)n1cc(-c2cccc(F)c2C(=O)O)nn1. The molecule has 0 fully saturated rings. The van der Waals surface area contributed by atoms with E-state index >= 15 is 0 Å². The Bertz CT molecular complexity index is 1180. The normalized spacial score (nSPS) is 12.1. The van der Waals surface area contributed by atoms with E-state index in [4.69, 9.17) is 4.42 Å². The number of aromatic nitrogens is 4. The third-order valence-corrected chi connectivity index (χ3v) is 4.42. The number of halogens is 2. The molecule has 29 heavy (non-hydrogen) atoms. The fourth-order valence-corrected chi connectivity index (χ4v) is 2.89. The number of hydrogen-bond acceptors (Lipinski definition) is 5. The number of carboxylic acid groups (broad SMARTS) is 1. The fourth-order valence-electron chi connectivity index (χ4n) is 2.89. The van der Waals surface area contributed by atoms with Crippen molar-refractivity contribution in [2.24, 2.45) is 0 Å². The predicted molar refractivity (Wildman–Crippen MR) is 98.1 cm³/mol. The molecule has 9 heteroatoms. The molecule has 0 aliphatic carbocycles. The van der Waals surface area contributed by atoms with Crippen molar-refractivity contribution in [2.75, 3.05) is 0 Å². The minimum atomic E-state index is -1.39. The van der Waals surface area contributed by atoms with E-state index in [1.54, 1.807) is 19.1 Å². The first-order valence-corrected chi connectivity index (χ1v) is 8.59. The molecule has 0 bridgehead atoms. The van der Waals surface area contributed by atoms with E-state index in [-0.39, 0.29) is 17.1 Å². The summed E-state index contributed by atoms with van der Waals surface area (Å²) in [5.74, 6) is -1.80. The van der Waals surface area contributed by atoms with Crippen LogP contribution in [-0.4, -0.2) is 31.1 Å². The number of benzene rings is 2. The maximum absolute atomic E-state index is 13.9. The van der Waals surface area contributed by atoms with E-state index in [1.165, 1.54) is 41.3 Å². The summed E-state index contributed by atoms with van der Waals surface area (Å²) in [6.07, 6.45) is 3.01. The number of oxazole rings is 1. The Morgan fingerprint density at radius 2 is 1.93 bits per heavy atom. The van der Waals surface area contributed by atoms with Crippen molar-refractivity contribution in [1.82, 2.24) is 20.0 Å². The van der Waals surface area contributed by atoms with E-state index in [0.29, 0.717) is 17.2 Å². The molecule has 2 aromatic heterocycles. The monoisotopic (exact) mass is 396 g/mol. The molecule has 0 aliphatic rings. The molecule has 2 aromatic carbocycles. The molecule has 1 N–H and O–H groups in total. The Morgan fingerprint density at radius 1 is 1.17 bits per heavy atom. The Balaban J connectivity index is 1.63. The number of hydrogen-bond donors (Lipinski definition) is 1. The van der Waals surface area contributed by atoms with Gasteiger partial charge >= 0.3 is 5.97 Å². The van der Waals surface area contributed by atoms with Gasteiger partial charge in [0.15, 0.2) is 5.76 Å². The molecule has 146 valence electrons. The topological polar surface area (TPSA) is 94.0 Å². The van der Waals surface area contributed by atoms with Gasteiger partial charge in [0.05, 0.1) is 12.4 Å². The number of aromatic carboxylic acids is 1. The first kappa shape index (κ1) is 18.5. The zero-order chi connectivity index (χ0) is 20.5. The smallest absolute Gasteiger partial charge is 0.339 e. The highest BCUT2D eigenvalue weighted by atomic mass is 19.1. The minimum absolute atomic E-state index is 0.121. The zero-order valence-electron chi connectivity index (χ0n) is 15.1. The first-order chi connectivity index (χ1) is 13.9. The van der Waals surface area contributed by atoms with Crippen LogP contribution in [0, 0.1) is 11.6 Å². The van der Waals surface area contributed by atoms with Crippen molar-refractivity contribution in [1.29, 1.82) is 0 Å². The van der Waals surface area contributed by atoms with E-state index in [9.17, 15) is 18.7 Å². The lowest BCUT2D eigenvalue weighted by atomic mass is 10.0. The van der Waals surface area contributed by atoms with E-state index in [1.807, 2.05) is 0 Å². The molecule has 2 heterocycles. The van der Waals surface area contributed by atoms with Crippen molar-refractivity contribution in [2.45, 2.75) is 13.0 Å². The van der Waals surface area contributed by atoms with Gasteiger partial charge in [-0.1, -0.05) is 17.3 Å². The number of carboxylic acids is 1. The average molecular weight is 396 g/mol. The molecule has 0 saturated carbocycles. The molecular formula is C20H14F2N4O3. The molecule has 0 saturated heterocycles. The van der Waals surface area contributed by atoms with Crippen molar-refractivity contribution in [3.63, 3.8) is 0 Å². The summed E-state index contributed by atoms with van der Waals surface area (Å²) in [5.41, 5.74) is 0.527. The Hall–Kier alpha value is -3.88. The van der Waals surface area contributed by atoms with Crippen molar-refractivity contribution in [3.8, 4) is 22.6 Å². The summed E-state index contributed by atoms with van der Waals surface area (Å²) in [5, 5.41) is 17.2. The molecule has 0 spiro atoms. The molecule has 0 aliphatic heterocycles. The van der Waals surface area contributed by atoms with E-state index in [0.717, 1.165) is 6.07 Å². The first-order valence-electron chi connectivity index (χ1n) is 8.59. The third-order valence-electron chi connectivity index (χ3n) is 4.42. The number of nitrogens with zero attached hydrogens (tertiary/aromatic N) is 4. The quantitative estimate of drug-likeness (QED) is 0.544. The zero-order valence-corrected chi connectivity index (χ0v) is 15.1. The van der Waals surface area contributed by atoms with Crippen LogP contribution in [0.15, 0.2) is 59.3 Å². The van der Waals surface area contributed by atoms with Gasteiger partial charge in [0, 0.05) is 11.1 Å². The molecule has 1 unspecified atom stereocenters. The highest BCUT2D eigenvalue weighted by Crippen LogP contribution is 2.27. The van der Waals surface area contributed by atoms with Crippen LogP contribution in [0.3, 0.4) is 0 Å². The lowest BCUT2D eigenvalue weighted by Crippen LogP contribution is -2.07. The molecule has 1 atom stereocenters. The lowest BCUT2D eigenvalue weighted by Gasteiger charge is -2.06. The molecule has 4 aromatic rings. The summed E-state index contributed by atoms with van der Waals surface area (Å²) < 4.78 is 34.2. The second kappa shape index (κ2) is 7.27. The molecule has 0 amide bonds. The summed E-state index contributed by atoms with van der Waals surface area (Å²) >= 11 is 0. The van der Waals surface area contributed by atoms with Crippen LogP contribution in [0.4, 0.5) is 8.78 Å². The van der Waals surface area contributed by atoms with Crippen molar-refractivity contribution >= 4 is 5.97 Å². The summed E-state index contributed by atoms with van der Waals surface area (Å²) in [7, 11) is 0. The van der Waals surface area contributed by atoms with Crippen molar-refractivity contribution in [3.05, 3.63) is 77.9 Å². The number of carbonyl (C=O) groups is 1. The average Bonchev–Trinajstić information content (AvgIpc) is 3.38. The van der Waals surface area contributed by atoms with E-state index < -0.39 is 23.4 Å². The van der Waals surface area contributed by atoms with Crippen LogP contribution >= 0.6 is 0 Å². The molecule has 0 radical (unpaired) electrons.